The van der Waals surface area contributed by atoms with Crippen LogP contribution in [0, 0.1) is 6.92 Å². The van der Waals surface area contributed by atoms with E-state index in [1.165, 1.54) is 5.56 Å². The van der Waals surface area contributed by atoms with E-state index in [0.29, 0.717) is 6.04 Å². The van der Waals surface area contributed by atoms with Crippen molar-refractivity contribution in [2.45, 2.75) is 13.0 Å². The molecule has 1 aliphatic rings. The Balaban J connectivity index is 1.99. The van der Waals surface area contributed by atoms with Crippen molar-refractivity contribution in [2.75, 3.05) is 25.0 Å². The maximum Gasteiger partial charge on any atom is 0.128 e. The van der Waals surface area contributed by atoms with Gasteiger partial charge in [-0.1, -0.05) is 6.07 Å². The molecule has 3 heteroatoms. The average molecular weight is 177 g/mol. The van der Waals surface area contributed by atoms with Gasteiger partial charge < -0.3 is 10.2 Å². The van der Waals surface area contributed by atoms with E-state index in [1.54, 1.807) is 0 Å². The third-order valence-electron chi connectivity index (χ3n) is 2.51. The molecule has 13 heavy (non-hydrogen) atoms. The Bertz CT molecular complexity index is 275. The van der Waals surface area contributed by atoms with Gasteiger partial charge in [0.25, 0.3) is 0 Å². The van der Waals surface area contributed by atoms with Crippen molar-refractivity contribution in [2.24, 2.45) is 0 Å². The van der Waals surface area contributed by atoms with Crippen molar-refractivity contribution in [1.29, 1.82) is 0 Å². The van der Waals surface area contributed by atoms with Gasteiger partial charge in [-0.25, -0.2) is 4.98 Å². The third-order valence-corrected chi connectivity index (χ3v) is 2.51. The molecule has 3 nitrogen and oxygen atoms in total. The van der Waals surface area contributed by atoms with Gasteiger partial charge in [-0.3, -0.25) is 0 Å². The smallest absolute Gasteiger partial charge is 0.128 e. The van der Waals surface area contributed by atoms with Gasteiger partial charge in [-0.05, 0) is 25.6 Å². The van der Waals surface area contributed by atoms with Gasteiger partial charge in [-0.15, -0.1) is 0 Å². The van der Waals surface area contributed by atoms with E-state index in [2.05, 4.69) is 34.3 Å². The van der Waals surface area contributed by atoms with Gasteiger partial charge in [0.15, 0.2) is 0 Å². The minimum Gasteiger partial charge on any atom is -0.353 e. The highest BCUT2D eigenvalue weighted by Gasteiger charge is 2.25. The molecule has 70 valence electrons. The van der Waals surface area contributed by atoms with Gasteiger partial charge in [0, 0.05) is 25.3 Å². The number of rotatable bonds is 2. The van der Waals surface area contributed by atoms with E-state index in [-0.39, 0.29) is 0 Å². The molecule has 0 aliphatic carbocycles. The molecule has 0 radical (unpaired) electrons. The summed E-state index contributed by atoms with van der Waals surface area (Å²) < 4.78 is 0. The number of pyridine rings is 1. The topological polar surface area (TPSA) is 28.2 Å². The number of likely N-dealkylation sites (N-methyl/N-ethyl adjacent to an activating group) is 1. The van der Waals surface area contributed by atoms with Crippen LogP contribution in [0.1, 0.15) is 5.56 Å². The van der Waals surface area contributed by atoms with E-state index in [1.807, 2.05) is 13.2 Å². The van der Waals surface area contributed by atoms with Crippen LogP contribution in [0.4, 0.5) is 5.82 Å². The summed E-state index contributed by atoms with van der Waals surface area (Å²) in [4.78, 5) is 6.65. The lowest BCUT2D eigenvalue weighted by Crippen LogP contribution is -2.57. The van der Waals surface area contributed by atoms with Gasteiger partial charge >= 0.3 is 0 Å². The summed E-state index contributed by atoms with van der Waals surface area (Å²) in [6, 6.07) is 4.83. The van der Waals surface area contributed by atoms with Crippen molar-refractivity contribution in [3.8, 4) is 0 Å². The Kier molecular flexibility index (Phi) is 2.19. The number of hydrogen-bond acceptors (Lipinski definition) is 3. The second-order valence-corrected chi connectivity index (χ2v) is 3.58. The molecular formula is C10H15N3. The number of hydrogen-bond donors (Lipinski definition) is 1. The zero-order valence-corrected chi connectivity index (χ0v) is 8.12. The number of nitrogens with one attached hydrogen (secondary N) is 1. The van der Waals surface area contributed by atoms with Crippen LogP contribution in [0.25, 0.3) is 0 Å². The molecular weight excluding hydrogens is 162 g/mol. The van der Waals surface area contributed by atoms with Crippen LogP contribution in [0.2, 0.25) is 0 Å². The Morgan fingerprint density at radius 3 is 2.77 bits per heavy atom. The molecule has 0 saturated carbocycles. The van der Waals surface area contributed by atoms with E-state index < -0.39 is 0 Å². The zero-order valence-electron chi connectivity index (χ0n) is 8.12. The van der Waals surface area contributed by atoms with Crippen LogP contribution in [0.3, 0.4) is 0 Å². The lowest BCUT2D eigenvalue weighted by atomic mass is 10.1. The highest BCUT2D eigenvalue weighted by atomic mass is 15.3. The Morgan fingerprint density at radius 1 is 1.46 bits per heavy atom. The first-order valence-electron chi connectivity index (χ1n) is 4.64. The Morgan fingerprint density at radius 2 is 2.23 bits per heavy atom. The fraction of sp³-hybridized carbons (Fsp3) is 0.500. The van der Waals surface area contributed by atoms with Crippen molar-refractivity contribution in [1.82, 2.24) is 10.3 Å². The molecule has 1 N–H and O–H groups in total. The standard InChI is InChI=1S/C10H15N3/c1-8-3-4-10(12-5-8)13-6-9(7-13)11-2/h3-5,9,11H,6-7H2,1-2H3. The summed E-state index contributed by atoms with van der Waals surface area (Å²) in [6.45, 7) is 4.21. The van der Waals surface area contributed by atoms with Crippen molar-refractivity contribution < 1.29 is 0 Å². The molecule has 0 spiro atoms. The summed E-state index contributed by atoms with van der Waals surface area (Å²) in [5.41, 5.74) is 1.22. The Hall–Kier alpha value is -1.09. The molecule has 0 amide bonds. The SMILES string of the molecule is CNC1CN(c2ccc(C)cn2)C1. The van der Waals surface area contributed by atoms with Crippen molar-refractivity contribution >= 4 is 5.82 Å². The summed E-state index contributed by atoms with van der Waals surface area (Å²) >= 11 is 0. The second-order valence-electron chi connectivity index (χ2n) is 3.58. The molecule has 0 atom stereocenters. The van der Waals surface area contributed by atoms with Crippen molar-refractivity contribution in [3.05, 3.63) is 23.9 Å². The molecule has 1 saturated heterocycles. The number of anilines is 1. The highest BCUT2D eigenvalue weighted by Crippen LogP contribution is 2.17. The van der Waals surface area contributed by atoms with Gasteiger partial charge in [-0.2, -0.15) is 0 Å². The molecule has 1 aromatic rings. The van der Waals surface area contributed by atoms with Crippen LogP contribution in [0.5, 0.6) is 0 Å². The van der Waals surface area contributed by atoms with Crippen LogP contribution in [-0.4, -0.2) is 31.2 Å². The molecule has 1 fully saturated rings. The lowest BCUT2D eigenvalue weighted by Gasteiger charge is -2.39. The van der Waals surface area contributed by atoms with Crippen LogP contribution in [-0.2, 0) is 0 Å². The number of aryl methyl sites for hydroxylation is 1. The molecule has 1 aliphatic heterocycles. The predicted octanol–water partition coefficient (Wildman–Crippen LogP) is 0.798. The van der Waals surface area contributed by atoms with E-state index in [4.69, 9.17) is 0 Å². The van der Waals surface area contributed by atoms with Crippen LogP contribution < -0.4 is 10.2 Å². The summed E-state index contributed by atoms with van der Waals surface area (Å²) in [5.74, 6) is 1.09. The van der Waals surface area contributed by atoms with Crippen molar-refractivity contribution in [3.63, 3.8) is 0 Å². The molecule has 2 heterocycles. The zero-order chi connectivity index (χ0) is 9.26. The van der Waals surface area contributed by atoms with Gasteiger partial charge in [0.1, 0.15) is 5.82 Å². The van der Waals surface area contributed by atoms with E-state index >= 15 is 0 Å². The summed E-state index contributed by atoms with van der Waals surface area (Å²) in [6.07, 6.45) is 1.92. The normalized spacial score (nSPS) is 17.2. The highest BCUT2D eigenvalue weighted by molar-refractivity contribution is 5.42. The monoisotopic (exact) mass is 177 g/mol. The van der Waals surface area contributed by atoms with Gasteiger partial charge in [0.2, 0.25) is 0 Å². The largest absolute Gasteiger partial charge is 0.353 e. The second kappa shape index (κ2) is 3.34. The van der Waals surface area contributed by atoms with E-state index in [9.17, 15) is 0 Å². The summed E-state index contributed by atoms with van der Waals surface area (Å²) in [5, 5.41) is 3.24. The van der Waals surface area contributed by atoms with E-state index in [0.717, 1.165) is 18.9 Å². The maximum atomic E-state index is 4.37. The Labute approximate surface area is 78.8 Å². The first-order valence-corrected chi connectivity index (χ1v) is 4.64. The fourth-order valence-electron chi connectivity index (χ4n) is 1.50. The summed E-state index contributed by atoms with van der Waals surface area (Å²) in [7, 11) is 2.00. The third kappa shape index (κ3) is 1.65. The molecule has 2 rings (SSSR count). The first-order chi connectivity index (χ1) is 6.29. The minimum absolute atomic E-state index is 0.642. The molecule has 0 bridgehead atoms. The lowest BCUT2D eigenvalue weighted by molar-refractivity contribution is 0.447. The first kappa shape index (κ1) is 8.51. The van der Waals surface area contributed by atoms with Crippen LogP contribution >= 0.6 is 0 Å². The number of nitrogens with zero attached hydrogens (tertiary/aromatic N) is 2. The molecule has 1 aromatic heterocycles. The molecule has 0 aromatic carbocycles. The molecule has 0 unspecified atom stereocenters. The predicted molar refractivity (Wildman–Crippen MR) is 54.0 cm³/mol. The minimum atomic E-state index is 0.642. The average Bonchev–Trinajstić information content (AvgIpc) is 2.06. The van der Waals surface area contributed by atoms with Crippen LogP contribution in [0.15, 0.2) is 18.3 Å². The van der Waals surface area contributed by atoms with Gasteiger partial charge in [0.05, 0.1) is 0 Å². The maximum absolute atomic E-state index is 4.37. The number of aromatic nitrogens is 1. The fourth-order valence-corrected chi connectivity index (χ4v) is 1.50. The quantitative estimate of drug-likeness (QED) is 0.724.